The molecule has 0 amide bonds. The second kappa shape index (κ2) is 7.13. The average molecular weight is 390 g/mol. The summed E-state index contributed by atoms with van der Waals surface area (Å²) in [6.45, 7) is 4.63. The predicted octanol–water partition coefficient (Wildman–Crippen LogP) is 3.79. The van der Waals surface area contributed by atoms with Gasteiger partial charge in [-0.1, -0.05) is 40.2 Å². The number of ether oxygens (including phenoxy) is 3. The normalized spacial score (nSPS) is 20.8. The molecule has 2 heterocycles. The molecule has 1 fully saturated rings. The lowest BCUT2D eigenvalue weighted by molar-refractivity contribution is -0.0332. The fourth-order valence-electron chi connectivity index (χ4n) is 3.25. The number of para-hydroxylation sites is 1. The van der Waals surface area contributed by atoms with E-state index in [9.17, 15) is 0 Å². The quantitative estimate of drug-likeness (QED) is 0.798. The standard InChI is InChI=1S/C19H20BrNO3/c20-16-5-1-3-14(11-16)18-13-21(7-8-22-18)12-15-4-2-6-17-19(15)24-10-9-23-17/h1-6,11,18H,7-10,12-13H2. The van der Waals surface area contributed by atoms with Gasteiger partial charge in [0.15, 0.2) is 11.5 Å². The van der Waals surface area contributed by atoms with E-state index in [0.717, 1.165) is 42.2 Å². The summed E-state index contributed by atoms with van der Waals surface area (Å²) in [5.41, 5.74) is 2.39. The third-order valence-electron chi connectivity index (χ3n) is 4.41. The Labute approximate surface area is 150 Å². The van der Waals surface area contributed by atoms with Gasteiger partial charge in [0.25, 0.3) is 0 Å². The first-order valence-corrected chi connectivity index (χ1v) is 9.06. The Bertz CT molecular complexity index is 722. The number of rotatable bonds is 3. The molecule has 5 heteroatoms. The summed E-state index contributed by atoms with van der Waals surface area (Å²) in [7, 11) is 0. The first-order valence-electron chi connectivity index (χ1n) is 8.26. The highest BCUT2D eigenvalue weighted by molar-refractivity contribution is 9.10. The van der Waals surface area contributed by atoms with Gasteiger partial charge < -0.3 is 14.2 Å². The monoisotopic (exact) mass is 389 g/mol. The van der Waals surface area contributed by atoms with Gasteiger partial charge in [0.2, 0.25) is 0 Å². The maximum absolute atomic E-state index is 5.98. The first kappa shape index (κ1) is 15.9. The van der Waals surface area contributed by atoms with Crippen molar-refractivity contribution in [3.8, 4) is 11.5 Å². The van der Waals surface area contributed by atoms with E-state index >= 15 is 0 Å². The molecule has 1 saturated heterocycles. The van der Waals surface area contributed by atoms with Gasteiger partial charge in [0.1, 0.15) is 13.2 Å². The molecule has 4 nitrogen and oxygen atoms in total. The van der Waals surface area contributed by atoms with Crippen molar-refractivity contribution < 1.29 is 14.2 Å². The van der Waals surface area contributed by atoms with Crippen LogP contribution in [0.2, 0.25) is 0 Å². The van der Waals surface area contributed by atoms with Gasteiger partial charge in [-0.2, -0.15) is 0 Å². The van der Waals surface area contributed by atoms with Crippen LogP contribution in [0.1, 0.15) is 17.2 Å². The fourth-order valence-corrected chi connectivity index (χ4v) is 3.67. The van der Waals surface area contributed by atoms with Crippen LogP contribution in [0.15, 0.2) is 46.9 Å². The predicted molar refractivity (Wildman–Crippen MR) is 95.5 cm³/mol. The van der Waals surface area contributed by atoms with Crippen molar-refractivity contribution >= 4 is 15.9 Å². The molecule has 0 aliphatic carbocycles. The van der Waals surface area contributed by atoms with Gasteiger partial charge >= 0.3 is 0 Å². The van der Waals surface area contributed by atoms with Crippen molar-refractivity contribution in [2.75, 3.05) is 32.9 Å². The van der Waals surface area contributed by atoms with E-state index in [-0.39, 0.29) is 6.10 Å². The van der Waals surface area contributed by atoms with Gasteiger partial charge in [-0.3, -0.25) is 4.90 Å². The van der Waals surface area contributed by atoms with Crippen LogP contribution >= 0.6 is 15.9 Å². The second-order valence-electron chi connectivity index (χ2n) is 6.09. The number of morpholine rings is 1. The molecule has 0 spiro atoms. The molecule has 2 aliphatic rings. The minimum atomic E-state index is 0.105. The highest BCUT2D eigenvalue weighted by Crippen LogP contribution is 2.35. The summed E-state index contributed by atoms with van der Waals surface area (Å²) >= 11 is 3.54. The van der Waals surface area contributed by atoms with Crippen LogP contribution in [-0.4, -0.2) is 37.8 Å². The lowest BCUT2D eigenvalue weighted by Crippen LogP contribution is -2.38. The first-order chi connectivity index (χ1) is 11.8. The van der Waals surface area contributed by atoms with Gasteiger partial charge in [0.05, 0.1) is 12.7 Å². The van der Waals surface area contributed by atoms with E-state index in [1.54, 1.807) is 0 Å². The highest BCUT2D eigenvalue weighted by atomic mass is 79.9. The number of halogens is 1. The van der Waals surface area contributed by atoms with E-state index in [2.05, 4.69) is 45.1 Å². The van der Waals surface area contributed by atoms with Crippen LogP contribution in [0.3, 0.4) is 0 Å². The molecule has 0 radical (unpaired) electrons. The Morgan fingerprint density at radius 1 is 1.04 bits per heavy atom. The summed E-state index contributed by atoms with van der Waals surface area (Å²) in [6.07, 6.45) is 0.105. The molecule has 4 rings (SSSR count). The lowest BCUT2D eigenvalue weighted by atomic mass is 10.1. The van der Waals surface area contributed by atoms with Crippen molar-refractivity contribution in [1.29, 1.82) is 0 Å². The molecule has 1 atom stereocenters. The molecule has 0 N–H and O–H groups in total. The second-order valence-corrected chi connectivity index (χ2v) is 7.01. The maximum atomic E-state index is 5.98. The largest absolute Gasteiger partial charge is 0.486 e. The molecule has 0 saturated carbocycles. The molecule has 0 bridgehead atoms. The van der Waals surface area contributed by atoms with Crippen LogP contribution < -0.4 is 9.47 Å². The van der Waals surface area contributed by atoms with E-state index in [0.29, 0.717) is 13.2 Å². The SMILES string of the molecule is Brc1cccc(C2CN(Cc3cccc4c3OCCO4)CCO2)c1. The molecule has 2 aromatic rings. The van der Waals surface area contributed by atoms with E-state index < -0.39 is 0 Å². The fraction of sp³-hybridized carbons (Fsp3) is 0.368. The number of fused-ring (bicyclic) bond motifs is 1. The van der Waals surface area contributed by atoms with E-state index in [4.69, 9.17) is 14.2 Å². The molecule has 2 aliphatic heterocycles. The van der Waals surface area contributed by atoms with Crippen molar-refractivity contribution in [2.45, 2.75) is 12.6 Å². The zero-order valence-electron chi connectivity index (χ0n) is 13.4. The number of nitrogens with zero attached hydrogens (tertiary/aromatic N) is 1. The topological polar surface area (TPSA) is 30.9 Å². The number of hydrogen-bond donors (Lipinski definition) is 0. The van der Waals surface area contributed by atoms with E-state index in [1.165, 1.54) is 11.1 Å². The number of hydrogen-bond acceptors (Lipinski definition) is 4. The van der Waals surface area contributed by atoms with Gasteiger partial charge in [-0.15, -0.1) is 0 Å². The summed E-state index contributed by atoms with van der Waals surface area (Å²) in [6, 6.07) is 14.5. The van der Waals surface area contributed by atoms with Crippen molar-refractivity contribution in [1.82, 2.24) is 4.90 Å². The Kier molecular flexibility index (Phi) is 4.74. The van der Waals surface area contributed by atoms with Crippen LogP contribution in [0, 0.1) is 0 Å². The van der Waals surface area contributed by atoms with Crippen LogP contribution in [-0.2, 0) is 11.3 Å². The Hall–Kier alpha value is -1.56. The zero-order valence-corrected chi connectivity index (χ0v) is 15.0. The Morgan fingerprint density at radius 3 is 2.83 bits per heavy atom. The van der Waals surface area contributed by atoms with Crippen molar-refractivity contribution in [3.63, 3.8) is 0 Å². The van der Waals surface area contributed by atoms with Gasteiger partial charge in [-0.05, 0) is 23.8 Å². The smallest absolute Gasteiger partial charge is 0.165 e. The maximum Gasteiger partial charge on any atom is 0.165 e. The Balaban J connectivity index is 1.49. The van der Waals surface area contributed by atoms with Crippen LogP contribution in [0.4, 0.5) is 0 Å². The van der Waals surface area contributed by atoms with Gasteiger partial charge in [-0.25, -0.2) is 0 Å². The molecular formula is C19H20BrNO3. The summed E-state index contributed by atoms with van der Waals surface area (Å²) in [4.78, 5) is 2.42. The van der Waals surface area contributed by atoms with Gasteiger partial charge in [0, 0.05) is 29.7 Å². The third kappa shape index (κ3) is 3.43. The minimum absolute atomic E-state index is 0.105. The average Bonchev–Trinajstić information content (AvgIpc) is 2.62. The van der Waals surface area contributed by atoms with E-state index in [1.807, 2.05) is 18.2 Å². The molecule has 0 aromatic heterocycles. The summed E-state index contributed by atoms with van der Waals surface area (Å²) < 4.78 is 18.6. The van der Waals surface area contributed by atoms with Crippen molar-refractivity contribution in [2.24, 2.45) is 0 Å². The highest BCUT2D eigenvalue weighted by Gasteiger charge is 2.24. The van der Waals surface area contributed by atoms with Crippen molar-refractivity contribution in [3.05, 3.63) is 58.1 Å². The molecule has 126 valence electrons. The molecule has 1 unspecified atom stereocenters. The molecule has 24 heavy (non-hydrogen) atoms. The van der Waals surface area contributed by atoms with Crippen LogP contribution in [0.25, 0.3) is 0 Å². The Morgan fingerprint density at radius 2 is 1.92 bits per heavy atom. The molecular weight excluding hydrogens is 370 g/mol. The summed E-state index contributed by atoms with van der Waals surface area (Å²) in [5, 5.41) is 0. The number of benzene rings is 2. The zero-order chi connectivity index (χ0) is 16.4. The molecule has 2 aromatic carbocycles. The minimum Gasteiger partial charge on any atom is -0.486 e. The van der Waals surface area contributed by atoms with Crippen LogP contribution in [0.5, 0.6) is 11.5 Å². The summed E-state index contributed by atoms with van der Waals surface area (Å²) in [5.74, 6) is 1.75. The lowest BCUT2D eigenvalue weighted by Gasteiger charge is -2.34. The third-order valence-corrected chi connectivity index (χ3v) is 4.91.